The van der Waals surface area contributed by atoms with E-state index in [2.05, 4.69) is 4.98 Å². The number of H-pyrrole nitrogens is 1. The van der Waals surface area contributed by atoms with E-state index in [9.17, 15) is 18.0 Å². The van der Waals surface area contributed by atoms with Gasteiger partial charge in [-0.25, -0.2) is 4.98 Å². The normalized spacial score (nSPS) is 12.2. The number of aromatic amines is 1. The molecule has 4 nitrogen and oxygen atoms in total. The van der Waals surface area contributed by atoms with Crippen molar-refractivity contribution in [2.24, 2.45) is 0 Å². The van der Waals surface area contributed by atoms with Crippen LogP contribution in [0.4, 0.5) is 13.2 Å². The summed E-state index contributed by atoms with van der Waals surface area (Å²) in [6, 6.07) is 0.495. The number of imidazole rings is 1. The number of hydrogen-bond donors (Lipinski definition) is 1. The van der Waals surface area contributed by atoms with E-state index >= 15 is 0 Å². The van der Waals surface area contributed by atoms with Gasteiger partial charge in [0.1, 0.15) is 5.69 Å². The van der Waals surface area contributed by atoms with Crippen LogP contribution in [0.1, 0.15) is 5.69 Å². The Morgan fingerprint density at radius 1 is 1.43 bits per heavy atom. The van der Waals surface area contributed by atoms with E-state index in [1.165, 1.54) is 12.4 Å². The largest absolute Gasteiger partial charge is 0.431 e. The smallest absolute Gasteiger partial charge is 0.321 e. The Kier molecular flexibility index (Phi) is 1.63. The van der Waals surface area contributed by atoms with Crippen LogP contribution in [-0.4, -0.2) is 14.4 Å². The molecule has 0 aliphatic carbocycles. The molecule has 2 aromatic heterocycles. The van der Waals surface area contributed by atoms with Crippen LogP contribution in [0.5, 0.6) is 0 Å². The van der Waals surface area contributed by atoms with Gasteiger partial charge >= 0.3 is 6.18 Å². The van der Waals surface area contributed by atoms with Gasteiger partial charge in [-0.2, -0.15) is 13.2 Å². The third-order valence-corrected chi connectivity index (χ3v) is 1.70. The molecule has 0 fully saturated rings. The van der Waals surface area contributed by atoms with Crippen molar-refractivity contribution in [1.29, 1.82) is 0 Å². The van der Waals surface area contributed by atoms with Crippen molar-refractivity contribution >= 4 is 5.78 Å². The van der Waals surface area contributed by atoms with Gasteiger partial charge in [0.05, 0.1) is 0 Å². The standard InChI is InChI=1S/C7H4F3N3O/c8-7(9,10)4-3-5(14)13-2-1-11-6(13)12-4/h1-3H,(H,11,12). The molecule has 0 atom stereocenters. The van der Waals surface area contributed by atoms with Gasteiger partial charge in [-0.05, 0) is 0 Å². The van der Waals surface area contributed by atoms with E-state index in [0.29, 0.717) is 6.07 Å². The molecule has 2 aromatic rings. The zero-order valence-electron chi connectivity index (χ0n) is 6.67. The molecule has 0 amide bonds. The van der Waals surface area contributed by atoms with Gasteiger partial charge in [0.15, 0.2) is 0 Å². The summed E-state index contributed by atoms with van der Waals surface area (Å²) in [4.78, 5) is 16.7. The fraction of sp³-hybridized carbons (Fsp3) is 0.143. The number of hydrogen-bond acceptors (Lipinski definition) is 2. The molecule has 0 spiro atoms. The van der Waals surface area contributed by atoms with Crippen LogP contribution in [0.3, 0.4) is 0 Å². The Hall–Kier alpha value is -1.79. The first-order valence-electron chi connectivity index (χ1n) is 3.62. The molecule has 0 radical (unpaired) electrons. The summed E-state index contributed by atoms with van der Waals surface area (Å²) in [6.07, 6.45) is -2.03. The molecule has 0 saturated carbocycles. The number of fused-ring (bicyclic) bond motifs is 1. The summed E-state index contributed by atoms with van der Waals surface area (Å²) in [7, 11) is 0. The summed E-state index contributed by atoms with van der Waals surface area (Å²) >= 11 is 0. The maximum absolute atomic E-state index is 12.2. The molecule has 2 heterocycles. The van der Waals surface area contributed by atoms with E-state index in [-0.39, 0.29) is 5.78 Å². The summed E-state index contributed by atoms with van der Waals surface area (Å²) in [5.74, 6) is -0.121. The highest BCUT2D eigenvalue weighted by Gasteiger charge is 2.32. The van der Waals surface area contributed by atoms with E-state index in [0.717, 1.165) is 4.40 Å². The lowest BCUT2D eigenvalue weighted by Gasteiger charge is -2.05. The van der Waals surface area contributed by atoms with E-state index in [4.69, 9.17) is 0 Å². The zero-order chi connectivity index (χ0) is 10.3. The Morgan fingerprint density at radius 2 is 2.14 bits per heavy atom. The number of alkyl halides is 3. The molecule has 74 valence electrons. The Morgan fingerprint density at radius 3 is 2.79 bits per heavy atom. The monoisotopic (exact) mass is 203 g/mol. The van der Waals surface area contributed by atoms with Crippen LogP contribution in [-0.2, 0) is 6.18 Å². The fourth-order valence-corrected chi connectivity index (χ4v) is 1.08. The van der Waals surface area contributed by atoms with Crippen molar-refractivity contribution in [3.05, 3.63) is 34.5 Å². The highest BCUT2D eigenvalue weighted by atomic mass is 19.4. The predicted molar refractivity (Wildman–Crippen MR) is 40.8 cm³/mol. The van der Waals surface area contributed by atoms with Gasteiger partial charge in [0, 0.05) is 18.5 Å². The number of halogens is 3. The molecule has 0 bridgehead atoms. The number of aromatic nitrogens is 3. The van der Waals surface area contributed by atoms with Crippen molar-refractivity contribution in [3.8, 4) is 0 Å². The van der Waals surface area contributed by atoms with Crippen LogP contribution >= 0.6 is 0 Å². The number of nitrogens with one attached hydrogen (secondary N) is 1. The van der Waals surface area contributed by atoms with Crippen LogP contribution in [0.15, 0.2) is 23.3 Å². The van der Waals surface area contributed by atoms with E-state index in [1.54, 1.807) is 0 Å². The van der Waals surface area contributed by atoms with Crippen molar-refractivity contribution in [3.63, 3.8) is 0 Å². The second-order valence-corrected chi connectivity index (χ2v) is 2.64. The first kappa shape index (κ1) is 8.79. The van der Waals surface area contributed by atoms with Gasteiger partial charge in [-0.3, -0.25) is 9.20 Å². The first-order valence-corrected chi connectivity index (χ1v) is 3.62. The quantitative estimate of drug-likeness (QED) is 0.695. The zero-order valence-corrected chi connectivity index (χ0v) is 6.67. The SMILES string of the molecule is O=c1cc(C(F)(F)F)[nH]c2nccn12. The van der Waals surface area contributed by atoms with Crippen LogP contribution in [0.25, 0.3) is 5.78 Å². The van der Waals surface area contributed by atoms with Crippen molar-refractivity contribution in [1.82, 2.24) is 14.4 Å². The summed E-state index contributed by atoms with van der Waals surface area (Å²) in [6.45, 7) is 0. The van der Waals surface area contributed by atoms with E-state index < -0.39 is 17.4 Å². The summed E-state index contributed by atoms with van der Waals surface area (Å²) in [5.41, 5.74) is -1.86. The minimum atomic E-state index is -4.56. The Balaban J connectivity index is 2.77. The van der Waals surface area contributed by atoms with Crippen LogP contribution < -0.4 is 5.56 Å². The third-order valence-electron chi connectivity index (χ3n) is 1.70. The molecular formula is C7H4F3N3O. The summed E-state index contributed by atoms with van der Waals surface area (Å²) < 4.78 is 37.6. The topological polar surface area (TPSA) is 50.2 Å². The lowest BCUT2D eigenvalue weighted by molar-refractivity contribution is -0.141. The van der Waals surface area contributed by atoms with Crippen LogP contribution in [0, 0.1) is 0 Å². The molecule has 0 aromatic carbocycles. The van der Waals surface area contributed by atoms with Gasteiger partial charge < -0.3 is 4.98 Å². The Bertz CT molecular complexity index is 525. The van der Waals surface area contributed by atoms with Crippen LogP contribution in [0.2, 0.25) is 0 Å². The van der Waals surface area contributed by atoms with Crippen molar-refractivity contribution in [2.45, 2.75) is 6.18 Å². The molecule has 2 rings (SSSR count). The summed E-state index contributed by atoms with van der Waals surface area (Å²) in [5, 5.41) is 0. The lowest BCUT2D eigenvalue weighted by Crippen LogP contribution is -2.18. The maximum Gasteiger partial charge on any atom is 0.431 e. The Labute approximate surface area is 75.0 Å². The van der Waals surface area contributed by atoms with Gasteiger partial charge in [-0.1, -0.05) is 0 Å². The van der Waals surface area contributed by atoms with Crippen molar-refractivity contribution in [2.75, 3.05) is 0 Å². The van der Waals surface area contributed by atoms with Gasteiger partial charge in [0.2, 0.25) is 5.78 Å². The highest BCUT2D eigenvalue weighted by molar-refractivity contribution is 5.29. The molecule has 0 aliphatic rings. The predicted octanol–water partition coefficient (Wildman–Crippen LogP) is 1.04. The average Bonchev–Trinajstić information content (AvgIpc) is 2.50. The number of nitrogens with zero attached hydrogens (tertiary/aromatic N) is 2. The molecule has 0 aliphatic heterocycles. The van der Waals surface area contributed by atoms with Gasteiger partial charge in [-0.15, -0.1) is 0 Å². The molecular weight excluding hydrogens is 199 g/mol. The molecule has 7 heteroatoms. The highest BCUT2D eigenvalue weighted by Crippen LogP contribution is 2.26. The average molecular weight is 203 g/mol. The van der Waals surface area contributed by atoms with E-state index in [1.807, 2.05) is 4.98 Å². The molecule has 0 saturated heterocycles. The molecule has 0 unspecified atom stereocenters. The van der Waals surface area contributed by atoms with Crippen molar-refractivity contribution < 1.29 is 13.2 Å². The second kappa shape index (κ2) is 2.60. The minimum absolute atomic E-state index is 0.121. The fourth-order valence-electron chi connectivity index (χ4n) is 1.08. The maximum atomic E-state index is 12.2. The second-order valence-electron chi connectivity index (χ2n) is 2.64. The molecule has 14 heavy (non-hydrogen) atoms. The lowest BCUT2D eigenvalue weighted by atomic mass is 10.4. The minimum Gasteiger partial charge on any atom is -0.321 e. The molecule has 1 N–H and O–H groups in total. The number of rotatable bonds is 0. The first-order chi connectivity index (χ1) is 6.48. The third kappa shape index (κ3) is 1.26. The van der Waals surface area contributed by atoms with Gasteiger partial charge in [0.25, 0.3) is 5.56 Å².